The molecule has 2 aliphatic rings. The van der Waals surface area contributed by atoms with E-state index in [9.17, 15) is 22.8 Å². The zero-order chi connectivity index (χ0) is 18.2. The van der Waals surface area contributed by atoms with Crippen molar-refractivity contribution >= 4 is 23.4 Å². The average Bonchev–Trinajstić information content (AvgIpc) is 2.94. The molecule has 0 bridgehead atoms. The molecule has 2 aliphatic heterocycles. The van der Waals surface area contributed by atoms with Crippen LogP contribution in [-0.2, 0) is 4.79 Å². The third-order valence-corrected chi connectivity index (χ3v) is 4.76. The number of carbonyl (C=O) groups excluding carboxylic acids is 2. The molecular formula is C16H17ClF3N3O2. The first-order chi connectivity index (χ1) is 11.8. The van der Waals surface area contributed by atoms with Gasteiger partial charge in [-0.25, -0.2) is 13.2 Å². The molecule has 0 aromatic heterocycles. The van der Waals surface area contributed by atoms with Crippen LogP contribution in [0.4, 0.5) is 13.2 Å². The Hall–Kier alpha value is -1.80. The molecule has 9 heteroatoms. The van der Waals surface area contributed by atoms with Crippen molar-refractivity contribution in [1.82, 2.24) is 15.1 Å². The fourth-order valence-corrected chi connectivity index (χ4v) is 3.32. The van der Waals surface area contributed by atoms with Gasteiger partial charge in [0.1, 0.15) is 5.82 Å². The maximum Gasteiger partial charge on any atom is 0.262 e. The number of piperazine rings is 1. The number of hydrogen-bond donors (Lipinski definition) is 1. The minimum Gasteiger partial charge on any atom is -0.338 e. The van der Waals surface area contributed by atoms with Crippen LogP contribution in [0, 0.1) is 5.82 Å². The molecule has 2 saturated heterocycles. The Morgan fingerprint density at radius 2 is 1.80 bits per heavy atom. The van der Waals surface area contributed by atoms with Gasteiger partial charge in [0.25, 0.3) is 11.8 Å². The molecule has 1 atom stereocenters. The maximum absolute atomic E-state index is 13.2. The minimum atomic E-state index is -2.86. The molecule has 1 aromatic rings. The normalized spacial score (nSPS) is 23.0. The number of rotatable bonds is 2. The predicted octanol–water partition coefficient (Wildman–Crippen LogP) is 1.76. The van der Waals surface area contributed by atoms with Crippen molar-refractivity contribution < 1.29 is 22.8 Å². The second-order valence-corrected chi connectivity index (χ2v) is 6.64. The molecule has 0 radical (unpaired) electrons. The van der Waals surface area contributed by atoms with E-state index in [2.05, 4.69) is 5.32 Å². The first-order valence-corrected chi connectivity index (χ1v) is 8.29. The molecule has 1 N–H and O–H groups in total. The second-order valence-electron chi connectivity index (χ2n) is 6.24. The maximum atomic E-state index is 13.2. The van der Waals surface area contributed by atoms with Crippen molar-refractivity contribution in [2.24, 2.45) is 0 Å². The van der Waals surface area contributed by atoms with Crippen LogP contribution in [0.2, 0.25) is 5.02 Å². The molecule has 2 heterocycles. The van der Waals surface area contributed by atoms with Gasteiger partial charge < -0.3 is 9.80 Å². The van der Waals surface area contributed by atoms with Crippen LogP contribution < -0.4 is 5.32 Å². The highest BCUT2D eigenvalue weighted by atomic mass is 35.5. The third kappa shape index (κ3) is 3.90. The number of halogens is 4. The third-order valence-electron chi connectivity index (χ3n) is 4.45. The summed E-state index contributed by atoms with van der Waals surface area (Å²) in [5.41, 5.74) is 0.194. The summed E-state index contributed by atoms with van der Waals surface area (Å²) in [5.74, 6) is -4.11. The van der Waals surface area contributed by atoms with Crippen LogP contribution in [0.15, 0.2) is 18.2 Å². The van der Waals surface area contributed by atoms with Crippen LogP contribution in [0.3, 0.4) is 0 Å². The van der Waals surface area contributed by atoms with Gasteiger partial charge in [0.05, 0.1) is 23.2 Å². The number of carbonyl (C=O) groups is 2. The van der Waals surface area contributed by atoms with Gasteiger partial charge >= 0.3 is 0 Å². The van der Waals surface area contributed by atoms with Crippen LogP contribution in [0.1, 0.15) is 16.8 Å². The Balaban J connectivity index is 1.58. The van der Waals surface area contributed by atoms with Gasteiger partial charge in [-0.1, -0.05) is 11.6 Å². The molecule has 2 amide bonds. The highest BCUT2D eigenvalue weighted by molar-refractivity contribution is 6.33. The molecule has 0 spiro atoms. The van der Waals surface area contributed by atoms with E-state index in [4.69, 9.17) is 11.6 Å². The number of alkyl halides is 2. The average molecular weight is 376 g/mol. The lowest BCUT2D eigenvalue weighted by Gasteiger charge is -2.36. The first-order valence-electron chi connectivity index (χ1n) is 7.91. The van der Waals surface area contributed by atoms with Gasteiger partial charge in [-0.05, 0) is 18.2 Å². The summed E-state index contributed by atoms with van der Waals surface area (Å²) in [6.07, 6.45) is -0.504. The monoisotopic (exact) mass is 375 g/mol. The molecule has 1 aromatic carbocycles. The van der Waals surface area contributed by atoms with E-state index >= 15 is 0 Å². The van der Waals surface area contributed by atoms with Crippen molar-refractivity contribution in [1.29, 1.82) is 0 Å². The zero-order valence-electron chi connectivity index (χ0n) is 13.3. The van der Waals surface area contributed by atoms with E-state index in [1.54, 1.807) is 0 Å². The predicted molar refractivity (Wildman–Crippen MR) is 85.2 cm³/mol. The molecule has 3 rings (SSSR count). The van der Waals surface area contributed by atoms with Gasteiger partial charge in [0.2, 0.25) is 5.91 Å². The number of nitrogens with one attached hydrogen (secondary N) is 1. The van der Waals surface area contributed by atoms with Crippen LogP contribution in [-0.4, -0.2) is 66.3 Å². The highest BCUT2D eigenvalue weighted by Gasteiger charge is 2.44. The molecule has 5 nitrogen and oxygen atoms in total. The van der Waals surface area contributed by atoms with Crippen LogP contribution in [0.25, 0.3) is 0 Å². The van der Waals surface area contributed by atoms with Gasteiger partial charge in [-0.2, -0.15) is 0 Å². The number of nitrogens with zero attached hydrogens (tertiary/aromatic N) is 2. The highest BCUT2D eigenvalue weighted by Crippen LogP contribution is 2.26. The summed E-state index contributed by atoms with van der Waals surface area (Å²) in [4.78, 5) is 27.7. The first kappa shape index (κ1) is 18.0. The lowest BCUT2D eigenvalue weighted by Crippen LogP contribution is -2.54. The Kier molecular flexibility index (Phi) is 4.92. The molecule has 0 saturated carbocycles. The molecular weight excluding hydrogens is 359 g/mol. The van der Waals surface area contributed by atoms with Gasteiger partial charge in [-0.15, -0.1) is 0 Å². The molecule has 2 fully saturated rings. The second kappa shape index (κ2) is 6.84. The standard InChI is InChI=1S/C16H17ClF3N3O2/c17-12-7-10(18)1-2-11(12)14(24)22-3-5-23(6-4-22)15(25)13-8-16(19,20)9-21-13/h1-2,7,13,21H,3-6,8-9H2. The molecule has 0 aliphatic carbocycles. The molecule has 1 unspecified atom stereocenters. The van der Waals surface area contributed by atoms with Crippen LogP contribution in [0.5, 0.6) is 0 Å². The molecule has 25 heavy (non-hydrogen) atoms. The Bertz CT molecular complexity index is 693. The van der Waals surface area contributed by atoms with Crippen molar-refractivity contribution in [2.45, 2.75) is 18.4 Å². The summed E-state index contributed by atoms with van der Waals surface area (Å²) in [7, 11) is 0. The fraction of sp³-hybridized carbons (Fsp3) is 0.500. The Morgan fingerprint density at radius 1 is 1.16 bits per heavy atom. The van der Waals surface area contributed by atoms with Crippen molar-refractivity contribution in [3.8, 4) is 0 Å². The lowest BCUT2D eigenvalue weighted by atomic mass is 10.1. The van der Waals surface area contributed by atoms with Crippen molar-refractivity contribution in [3.63, 3.8) is 0 Å². The number of amides is 2. The Labute approximate surface area is 147 Å². The number of hydrogen-bond acceptors (Lipinski definition) is 3. The van der Waals surface area contributed by atoms with Gasteiger partial charge in [0, 0.05) is 32.6 Å². The summed E-state index contributed by atoms with van der Waals surface area (Å²) >= 11 is 5.90. The van der Waals surface area contributed by atoms with E-state index in [1.807, 2.05) is 0 Å². The smallest absolute Gasteiger partial charge is 0.262 e. The van der Waals surface area contributed by atoms with E-state index in [0.717, 1.165) is 12.1 Å². The van der Waals surface area contributed by atoms with Crippen molar-refractivity contribution in [3.05, 3.63) is 34.6 Å². The Morgan fingerprint density at radius 3 is 2.36 bits per heavy atom. The quantitative estimate of drug-likeness (QED) is 0.857. The van der Waals surface area contributed by atoms with Gasteiger partial charge in [0.15, 0.2) is 0 Å². The number of benzene rings is 1. The minimum absolute atomic E-state index is 0.0286. The summed E-state index contributed by atoms with van der Waals surface area (Å²) in [6, 6.07) is 2.66. The topological polar surface area (TPSA) is 52.7 Å². The SMILES string of the molecule is O=C(c1ccc(F)cc1Cl)N1CCN(C(=O)C2CC(F)(F)CN2)CC1. The van der Waals surface area contributed by atoms with Gasteiger partial charge in [-0.3, -0.25) is 14.9 Å². The van der Waals surface area contributed by atoms with Crippen molar-refractivity contribution in [2.75, 3.05) is 32.7 Å². The summed E-state index contributed by atoms with van der Waals surface area (Å²) in [5, 5.41) is 2.57. The zero-order valence-corrected chi connectivity index (χ0v) is 14.0. The van der Waals surface area contributed by atoms with Crippen LogP contribution >= 0.6 is 11.6 Å². The lowest BCUT2D eigenvalue weighted by molar-refractivity contribution is -0.135. The van der Waals surface area contributed by atoms with E-state index < -0.39 is 30.7 Å². The van der Waals surface area contributed by atoms with E-state index in [-0.39, 0.29) is 48.6 Å². The van der Waals surface area contributed by atoms with E-state index in [0.29, 0.717) is 0 Å². The summed E-state index contributed by atoms with van der Waals surface area (Å²) in [6.45, 7) is 0.550. The fourth-order valence-electron chi connectivity index (χ4n) is 3.07. The van der Waals surface area contributed by atoms with E-state index in [1.165, 1.54) is 15.9 Å². The molecule has 136 valence electrons. The summed E-state index contributed by atoms with van der Waals surface area (Å²) < 4.78 is 39.5. The largest absolute Gasteiger partial charge is 0.338 e.